The second kappa shape index (κ2) is 9.49. The number of fused-ring (bicyclic) bond motifs is 1. The first-order valence-corrected chi connectivity index (χ1v) is 12.1. The summed E-state index contributed by atoms with van der Waals surface area (Å²) in [6.07, 6.45) is -2.15. The molecule has 1 fully saturated rings. The number of ether oxygens (including phenoxy) is 2. The molecule has 0 aliphatic carbocycles. The zero-order valence-corrected chi connectivity index (χ0v) is 20.8. The minimum absolute atomic E-state index is 0.184. The molecule has 2 aromatic carbocycles. The molecule has 5 rings (SSSR count). The van der Waals surface area contributed by atoms with Crippen molar-refractivity contribution in [2.24, 2.45) is 0 Å². The number of aromatic nitrogens is 3. The van der Waals surface area contributed by atoms with E-state index >= 15 is 0 Å². The molecule has 1 aliphatic heterocycles. The van der Waals surface area contributed by atoms with Crippen molar-refractivity contribution < 1.29 is 22.6 Å². The van der Waals surface area contributed by atoms with Crippen molar-refractivity contribution in [3.8, 4) is 28.4 Å². The Balaban J connectivity index is 1.83. The van der Waals surface area contributed by atoms with Crippen LogP contribution < -0.4 is 19.9 Å². The Morgan fingerprint density at radius 2 is 1.68 bits per heavy atom. The standard InChI is InChI=1S/C27H27F3N4O3/c1-4-17-13-21-24(16-11-19(36-2)15-20(12-16)37-3)32-34(26(35)25(21)31-17)23-14-18(33-9-5-6-10-33)7-8-22(23)27(28,29)30/h7-8,11-15,31H,4-6,9-10H2,1-3H3. The summed E-state index contributed by atoms with van der Waals surface area (Å²) in [5.74, 6) is 0.973. The molecule has 194 valence electrons. The lowest BCUT2D eigenvalue weighted by molar-refractivity contribution is -0.137. The van der Waals surface area contributed by atoms with Crippen molar-refractivity contribution in [1.29, 1.82) is 0 Å². The quantitative estimate of drug-likeness (QED) is 0.365. The number of alkyl halides is 3. The molecule has 0 unspecified atom stereocenters. The maximum atomic E-state index is 14.2. The molecule has 7 nitrogen and oxygen atoms in total. The molecule has 0 radical (unpaired) electrons. The van der Waals surface area contributed by atoms with Crippen LogP contribution in [0.3, 0.4) is 0 Å². The molecule has 0 amide bonds. The van der Waals surface area contributed by atoms with Gasteiger partial charge in [-0.05, 0) is 55.7 Å². The van der Waals surface area contributed by atoms with E-state index in [4.69, 9.17) is 9.47 Å². The van der Waals surface area contributed by atoms with E-state index in [1.807, 2.05) is 11.8 Å². The van der Waals surface area contributed by atoms with Gasteiger partial charge in [-0.1, -0.05) is 6.92 Å². The van der Waals surface area contributed by atoms with Crippen LogP contribution in [0, 0.1) is 0 Å². The van der Waals surface area contributed by atoms with E-state index in [2.05, 4.69) is 10.1 Å². The Morgan fingerprint density at radius 1 is 1.00 bits per heavy atom. The molecule has 37 heavy (non-hydrogen) atoms. The normalized spacial score (nSPS) is 13.9. The number of aryl methyl sites for hydroxylation is 1. The van der Waals surface area contributed by atoms with Gasteiger partial charge < -0.3 is 19.4 Å². The van der Waals surface area contributed by atoms with E-state index in [9.17, 15) is 18.0 Å². The van der Waals surface area contributed by atoms with Crippen LogP contribution in [0.5, 0.6) is 11.5 Å². The smallest absolute Gasteiger partial charge is 0.418 e. The second-order valence-corrected chi connectivity index (χ2v) is 9.00. The van der Waals surface area contributed by atoms with Gasteiger partial charge >= 0.3 is 6.18 Å². The summed E-state index contributed by atoms with van der Waals surface area (Å²) in [6.45, 7) is 3.42. The van der Waals surface area contributed by atoms with E-state index in [0.29, 0.717) is 40.3 Å². The molecule has 10 heteroatoms. The number of methoxy groups -OCH3 is 2. The van der Waals surface area contributed by atoms with Crippen LogP contribution in [0.4, 0.5) is 18.9 Å². The van der Waals surface area contributed by atoms with Crippen molar-refractivity contribution >= 4 is 16.6 Å². The summed E-state index contributed by atoms with van der Waals surface area (Å²) in [6, 6.07) is 10.8. The zero-order valence-electron chi connectivity index (χ0n) is 20.8. The third-order valence-electron chi connectivity index (χ3n) is 6.73. The maximum absolute atomic E-state index is 14.2. The highest BCUT2D eigenvalue weighted by Gasteiger charge is 2.35. The van der Waals surface area contributed by atoms with E-state index in [1.54, 1.807) is 24.3 Å². The van der Waals surface area contributed by atoms with Gasteiger partial charge in [0.25, 0.3) is 5.56 Å². The molecular formula is C27H27F3N4O3. The molecule has 3 heterocycles. The van der Waals surface area contributed by atoms with Crippen LogP contribution in [-0.4, -0.2) is 42.1 Å². The molecule has 0 saturated carbocycles. The van der Waals surface area contributed by atoms with Gasteiger partial charge in [0.2, 0.25) is 0 Å². The van der Waals surface area contributed by atoms with Gasteiger partial charge in [-0.2, -0.15) is 23.0 Å². The molecular weight excluding hydrogens is 485 g/mol. The van der Waals surface area contributed by atoms with E-state index < -0.39 is 17.3 Å². The highest BCUT2D eigenvalue weighted by atomic mass is 19.4. The fourth-order valence-electron chi connectivity index (χ4n) is 4.79. The number of nitrogens with one attached hydrogen (secondary N) is 1. The molecule has 1 saturated heterocycles. The topological polar surface area (TPSA) is 72.4 Å². The fraction of sp³-hybridized carbons (Fsp3) is 0.333. The highest BCUT2D eigenvalue weighted by Crippen LogP contribution is 2.37. The first kappa shape index (κ1) is 24.7. The van der Waals surface area contributed by atoms with Crippen LogP contribution >= 0.6 is 0 Å². The molecule has 0 atom stereocenters. The van der Waals surface area contributed by atoms with Crippen molar-refractivity contribution in [1.82, 2.24) is 14.8 Å². The number of hydrogen-bond donors (Lipinski definition) is 1. The monoisotopic (exact) mass is 512 g/mol. The van der Waals surface area contributed by atoms with Gasteiger partial charge in [-0.3, -0.25) is 4.79 Å². The average molecular weight is 513 g/mol. The van der Waals surface area contributed by atoms with Crippen LogP contribution in [-0.2, 0) is 12.6 Å². The molecule has 1 aliphatic rings. The molecule has 0 bridgehead atoms. The minimum atomic E-state index is -4.68. The second-order valence-electron chi connectivity index (χ2n) is 9.00. The molecule has 1 N–H and O–H groups in total. The third-order valence-corrected chi connectivity index (χ3v) is 6.73. The molecule has 0 spiro atoms. The summed E-state index contributed by atoms with van der Waals surface area (Å²) in [4.78, 5) is 18.7. The molecule has 4 aromatic rings. The van der Waals surface area contributed by atoms with E-state index in [1.165, 1.54) is 26.4 Å². The Hall–Kier alpha value is -3.95. The Morgan fingerprint density at radius 3 is 2.27 bits per heavy atom. The largest absolute Gasteiger partial charge is 0.497 e. The Kier molecular flexibility index (Phi) is 6.35. The van der Waals surface area contributed by atoms with Gasteiger partial charge in [-0.25, -0.2) is 0 Å². The van der Waals surface area contributed by atoms with Crippen molar-refractivity contribution in [3.63, 3.8) is 0 Å². The number of H-pyrrole nitrogens is 1. The average Bonchev–Trinajstić information content (AvgIpc) is 3.58. The summed E-state index contributed by atoms with van der Waals surface area (Å²) >= 11 is 0. The summed E-state index contributed by atoms with van der Waals surface area (Å²) in [5.41, 5.74) is 0.557. The van der Waals surface area contributed by atoms with Crippen LogP contribution in [0.2, 0.25) is 0 Å². The summed E-state index contributed by atoms with van der Waals surface area (Å²) < 4.78 is 54.2. The first-order chi connectivity index (χ1) is 17.7. The number of anilines is 1. The fourth-order valence-corrected chi connectivity index (χ4v) is 4.79. The molecule has 2 aromatic heterocycles. The van der Waals surface area contributed by atoms with Gasteiger partial charge in [0, 0.05) is 41.5 Å². The van der Waals surface area contributed by atoms with Crippen molar-refractivity contribution in [3.05, 3.63) is 64.1 Å². The van der Waals surface area contributed by atoms with Gasteiger partial charge in [0.1, 0.15) is 22.7 Å². The third kappa shape index (κ3) is 4.52. The predicted molar refractivity (Wildman–Crippen MR) is 136 cm³/mol. The highest BCUT2D eigenvalue weighted by molar-refractivity contribution is 5.93. The van der Waals surface area contributed by atoms with Crippen LogP contribution in [0.15, 0.2) is 47.3 Å². The maximum Gasteiger partial charge on any atom is 0.418 e. The zero-order chi connectivity index (χ0) is 26.3. The van der Waals surface area contributed by atoms with Crippen LogP contribution in [0.1, 0.15) is 31.0 Å². The summed E-state index contributed by atoms with van der Waals surface area (Å²) in [5, 5.41) is 5.05. The number of rotatable bonds is 6. The van der Waals surface area contributed by atoms with Crippen LogP contribution in [0.25, 0.3) is 27.8 Å². The lowest BCUT2D eigenvalue weighted by Crippen LogP contribution is -2.26. The minimum Gasteiger partial charge on any atom is -0.497 e. The summed E-state index contributed by atoms with van der Waals surface area (Å²) in [7, 11) is 3.01. The van der Waals surface area contributed by atoms with E-state index in [0.717, 1.165) is 42.4 Å². The van der Waals surface area contributed by atoms with Crippen molar-refractivity contribution in [2.45, 2.75) is 32.4 Å². The lowest BCUT2D eigenvalue weighted by atomic mass is 10.1. The number of halogens is 3. The van der Waals surface area contributed by atoms with Gasteiger partial charge in [0.05, 0.1) is 25.5 Å². The van der Waals surface area contributed by atoms with Gasteiger partial charge in [0.15, 0.2) is 0 Å². The van der Waals surface area contributed by atoms with Crippen molar-refractivity contribution in [2.75, 3.05) is 32.2 Å². The predicted octanol–water partition coefficient (Wildman–Crippen LogP) is 5.58. The van der Waals surface area contributed by atoms with E-state index in [-0.39, 0.29) is 11.2 Å². The number of benzene rings is 2. The first-order valence-electron chi connectivity index (χ1n) is 12.1. The number of aromatic amines is 1. The number of nitrogens with zero attached hydrogens (tertiary/aromatic N) is 3. The SMILES string of the molecule is CCc1cc2c(-c3cc(OC)cc(OC)c3)nn(-c3cc(N4CCCC4)ccc3C(F)(F)F)c(=O)c2[nH]1. The number of hydrogen-bond acceptors (Lipinski definition) is 5. The Bertz CT molecular complexity index is 1500. The van der Waals surface area contributed by atoms with Gasteiger partial charge in [-0.15, -0.1) is 0 Å². The Labute approximate surface area is 211 Å². The lowest BCUT2D eigenvalue weighted by Gasteiger charge is -2.21.